The molecule has 0 saturated carbocycles. The van der Waals surface area contributed by atoms with Crippen LogP contribution in [0.15, 0.2) is 71.4 Å². The summed E-state index contributed by atoms with van der Waals surface area (Å²) < 4.78 is 5.78. The fourth-order valence-corrected chi connectivity index (χ4v) is 3.18. The smallest absolute Gasteiger partial charge is 0.281 e. The van der Waals surface area contributed by atoms with Crippen LogP contribution in [0.5, 0.6) is 5.88 Å². The molecule has 1 aromatic carbocycles. The van der Waals surface area contributed by atoms with Crippen LogP contribution < -0.4 is 10.2 Å². The van der Waals surface area contributed by atoms with Gasteiger partial charge in [0.25, 0.3) is 5.91 Å². The Morgan fingerprint density at radius 1 is 1.26 bits per heavy atom. The normalized spacial score (nSPS) is 11.1. The maximum atomic E-state index is 11.9. The Bertz CT molecular complexity index is 1070. The lowest BCUT2D eigenvalue weighted by Gasteiger charge is -2.05. The minimum Gasteiger partial charge on any atom is -0.473 e. The van der Waals surface area contributed by atoms with Gasteiger partial charge in [0.05, 0.1) is 22.8 Å². The van der Waals surface area contributed by atoms with Gasteiger partial charge in [-0.25, -0.2) is 10.4 Å². The van der Waals surface area contributed by atoms with Gasteiger partial charge in [0.15, 0.2) is 0 Å². The van der Waals surface area contributed by atoms with E-state index in [0.29, 0.717) is 17.4 Å². The first-order valence-electron chi connectivity index (χ1n) is 8.30. The van der Waals surface area contributed by atoms with E-state index in [0.717, 1.165) is 22.0 Å². The first-order chi connectivity index (χ1) is 13.3. The minimum atomic E-state index is -0.227. The van der Waals surface area contributed by atoms with Gasteiger partial charge >= 0.3 is 0 Å². The molecule has 2 N–H and O–H groups in total. The molecule has 0 aliphatic rings. The zero-order chi connectivity index (χ0) is 18.5. The predicted octanol–water partition coefficient (Wildman–Crippen LogP) is 3.97. The van der Waals surface area contributed by atoms with Gasteiger partial charge < -0.3 is 9.72 Å². The van der Waals surface area contributed by atoms with Crippen molar-refractivity contribution < 1.29 is 9.53 Å². The molecule has 0 unspecified atom stereocenters. The van der Waals surface area contributed by atoms with Crippen LogP contribution in [0.25, 0.3) is 10.9 Å². The van der Waals surface area contributed by atoms with E-state index in [2.05, 4.69) is 20.5 Å². The monoisotopic (exact) mass is 376 g/mol. The molecular weight excluding hydrogens is 360 g/mol. The van der Waals surface area contributed by atoms with E-state index < -0.39 is 0 Å². The van der Waals surface area contributed by atoms with Crippen LogP contribution in [0.1, 0.15) is 20.8 Å². The van der Waals surface area contributed by atoms with Crippen LogP contribution in [-0.2, 0) is 6.61 Å². The van der Waals surface area contributed by atoms with E-state index in [1.165, 1.54) is 11.3 Å². The lowest BCUT2D eigenvalue weighted by Crippen LogP contribution is -2.15. The molecule has 0 bridgehead atoms. The van der Waals surface area contributed by atoms with E-state index in [-0.39, 0.29) is 5.91 Å². The maximum absolute atomic E-state index is 11.9. The number of carbonyl (C=O) groups excluding carboxylic acids is 1. The van der Waals surface area contributed by atoms with E-state index >= 15 is 0 Å². The van der Waals surface area contributed by atoms with Crippen LogP contribution in [-0.4, -0.2) is 22.1 Å². The second kappa shape index (κ2) is 7.84. The zero-order valence-corrected chi connectivity index (χ0v) is 15.1. The highest BCUT2D eigenvalue weighted by Gasteiger charge is 2.07. The average molecular weight is 376 g/mol. The van der Waals surface area contributed by atoms with Crippen molar-refractivity contribution in [2.45, 2.75) is 6.61 Å². The van der Waals surface area contributed by atoms with Crippen molar-refractivity contribution in [3.63, 3.8) is 0 Å². The van der Waals surface area contributed by atoms with E-state index in [1.807, 2.05) is 54.0 Å². The Labute approximate surface area is 159 Å². The molecule has 0 radical (unpaired) electrons. The average Bonchev–Trinajstić information content (AvgIpc) is 3.37. The molecule has 0 spiro atoms. The van der Waals surface area contributed by atoms with Crippen LogP contribution in [0.3, 0.4) is 0 Å². The number of H-pyrrole nitrogens is 1. The van der Waals surface area contributed by atoms with Gasteiger partial charge in [0.1, 0.15) is 6.61 Å². The summed E-state index contributed by atoms with van der Waals surface area (Å²) in [7, 11) is 0. The summed E-state index contributed by atoms with van der Waals surface area (Å²) in [5.41, 5.74) is 5.31. The number of thiophene rings is 1. The molecule has 0 aliphatic heterocycles. The molecule has 3 heterocycles. The van der Waals surface area contributed by atoms with Crippen LogP contribution in [0, 0.1) is 0 Å². The third kappa shape index (κ3) is 4.04. The number of hydrogen-bond acceptors (Lipinski definition) is 5. The number of carbonyl (C=O) groups is 1. The Morgan fingerprint density at radius 3 is 2.96 bits per heavy atom. The molecule has 3 aromatic heterocycles. The van der Waals surface area contributed by atoms with Crippen LogP contribution in [0.2, 0.25) is 0 Å². The molecule has 0 fully saturated rings. The SMILES string of the molecule is O=C(NN=Cc1c[nH]c2cnc(OCc3ccccc3)cc12)c1cccs1. The largest absolute Gasteiger partial charge is 0.473 e. The number of pyridine rings is 1. The molecule has 134 valence electrons. The lowest BCUT2D eigenvalue weighted by molar-refractivity contribution is 0.0959. The fourth-order valence-electron chi connectivity index (χ4n) is 2.56. The summed E-state index contributed by atoms with van der Waals surface area (Å²) in [5, 5.41) is 6.81. The first-order valence-corrected chi connectivity index (χ1v) is 9.18. The van der Waals surface area contributed by atoms with Crippen molar-refractivity contribution in [3.05, 3.63) is 82.3 Å². The van der Waals surface area contributed by atoms with Crippen molar-refractivity contribution in [1.29, 1.82) is 0 Å². The summed E-state index contributed by atoms with van der Waals surface area (Å²) in [6, 6.07) is 15.4. The third-order valence-corrected chi connectivity index (χ3v) is 4.79. The van der Waals surface area contributed by atoms with Crippen LogP contribution >= 0.6 is 11.3 Å². The van der Waals surface area contributed by atoms with Crippen LogP contribution in [0.4, 0.5) is 0 Å². The Morgan fingerprint density at radius 2 is 2.15 bits per heavy atom. The van der Waals surface area contributed by atoms with Gasteiger partial charge in [-0.3, -0.25) is 4.79 Å². The standard InChI is InChI=1S/C20H16N4O2S/c25-20(18-7-4-8-27-18)24-23-11-15-10-21-17-12-22-19(9-16(15)17)26-13-14-5-2-1-3-6-14/h1-12,21H,13H2,(H,24,25). The Kier molecular flexibility index (Phi) is 4.93. The third-order valence-electron chi connectivity index (χ3n) is 3.92. The quantitative estimate of drug-likeness (QED) is 0.395. The van der Waals surface area contributed by atoms with Crippen molar-refractivity contribution in [3.8, 4) is 5.88 Å². The second-order valence-electron chi connectivity index (χ2n) is 5.76. The number of benzene rings is 1. The van der Waals surface area contributed by atoms with Gasteiger partial charge in [0.2, 0.25) is 5.88 Å². The number of hydrazone groups is 1. The number of nitrogens with zero attached hydrogens (tertiary/aromatic N) is 2. The van der Waals surface area contributed by atoms with Gasteiger partial charge in [-0.2, -0.15) is 5.10 Å². The van der Waals surface area contributed by atoms with Gasteiger partial charge in [-0.1, -0.05) is 36.4 Å². The highest BCUT2D eigenvalue weighted by molar-refractivity contribution is 7.12. The highest BCUT2D eigenvalue weighted by Crippen LogP contribution is 2.21. The Balaban J connectivity index is 1.46. The molecule has 6 nitrogen and oxygen atoms in total. The van der Waals surface area contributed by atoms with Gasteiger partial charge in [0, 0.05) is 23.2 Å². The summed E-state index contributed by atoms with van der Waals surface area (Å²) in [4.78, 5) is 20.0. The molecule has 1 amide bonds. The van der Waals surface area contributed by atoms with E-state index in [1.54, 1.807) is 18.5 Å². The highest BCUT2D eigenvalue weighted by atomic mass is 32.1. The van der Waals surface area contributed by atoms with Crippen molar-refractivity contribution in [2.24, 2.45) is 5.10 Å². The number of aromatic nitrogens is 2. The summed E-state index contributed by atoms with van der Waals surface area (Å²) in [6.07, 6.45) is 5.14. The molecule has 0 atom stereocenters. The van der Waals surface area contributed by atoms with Gasteiger partial charge in [-0.15, -0.1) is 11.3 Å². The van der Waals surface area contributed by atoms with E-state index in [4.69, 9.17) is 4.74 Å². The second-order valence-corrected chi connectivity index (χ2v) is 6.71. The van der Waals surface area contributed by atoms with Crippen molar-refractivity contribution in [2.75, 3.05) is 0 Å². The number of rotatable bonds is 6. The number of aromatic amines is 1. The number of amides is 1. The lowest BCUT2D eigenvalue weighted by atomic mass is 10.2. The molecule has 4 aromatic rings. The molecule has 7 heteroatoms. The minimum absolute atomic E-state index is 0.227. The number of nitrogens with one attached hydrogen (secondary N) is 2. The predicted molar refractivity (Wildman–Crippen MR) is 106 cm³/mol. The number of ether oxygens (including phenoxy) is 1. The number of fused-ring (bicyclic) bond motifs is 1. The van der Waals surface area contributed by atoms with E-state index in [9.17, 15) is 4.79 Å². The Hall–Kier alpha value is -3.45. The molecule has 4 rings (SSSR count). The summed E-state index contributed by atoms with van der Waals surface area (Å²) in [5.74, 6) is 0.304. The number of hydrogen-bond donors (Lipinski definition) is 2. The zero-order valence-electron chi connectivity index (χ0n) is 14.3. The molecular formula is C20H16N4O2S. The first kappa shape index (κ1) is 17.0. The maximum Gasteiger partial charge on any atom is 0.281 e. The molecule has 27 heavy (non-hydrogen) atoms. The van der Waals surface area contributed by atoms with Crippen molar-refractivity contribution >= 4 is 34.4 Å². The fraction of sp³-hybridized carbons (Fsp3) is 0.0500. The summed E-state index contributed by atoms with van der Waals surface area (Å²) in [6.45, 7) is 0.448. The molecule has 0 saturated heterocycles. The van der Waals surface area contributed by atoms with Crippen molar-refractivity contribution in [1.82, 2.24) is 15.4 Å². The summed E-state index contributed by atoms with van der Waals surface area (Å²) >= 11 is 1.37. The topological polar surface area (TPSA) is 79.4 Å². The molecule has 0 aliphatic carbocycles. The van der Waals surface area contributed by atoms with Gasteiger partial charge in [-0.05, 0) is 17.0 Å².